The lowest BCUT2D eigenvalue weighted by atomic mass is 10.2. The van der Waals surface area contributed by atoms with Crippen molar-refractivity contribution in [2.75, 3.05) is 10.5 Å². The summed E-state index contributed by atoms with van der Waals surface area (Å²) in [6.07, 6.45) is -4.74. The molecular formula is C11H8ClF3N2O2S2. The van der Waals surface area contributed by atoms with Crippen molar-refractivity contribution in [3.63, 3.8) is 0 Å². The van der Waals surface area contributed by atoms with Crippen LogP contribution in [-0.2, 0) is 16.2 Å². The minimum Gasteiger partial charge on any atom is -0.398 e. The number of anilines is 2. The third-order valence-corrected chi connectivity index (χ3v) is 5.54. The maximum Gasteiger partial charge on any atom is 0.418 e. The number of sulfonamides is 1. The number of alkyl halides is 3. The first-order chi connectivity index (χ1) is 9.61. The second kappa shape index (κ2) is 5.39. The Morgan fingerprint density at radius 3 is 2.48 bits per heavy atom. The highest BCUT2D eigenvalue weighted by atomic mass is 35.5. The first kappa shape index (κ1) is 15.9. The van der Waals surface area contributed by atoms with Gasteiger partial charge in [-0.2, -0.15) is 13.2 Å². The number of hydrogen-bond donors (Lipinski definition) is 2. The molecule has 10 heteroatoms. The molecule has 1 aromatic heterocycles. The molecule has 0 bridgehead atoms. The molecule has 21 heavy (non-hydrogen) atoms. The lowest BCUT2D eigenvalue weighted by Gasteiger charge is -2.15. The number of thiophene rings is 1. The summed E-state index contributed by atoms with van der Waals surface area (Å²) in [5, 5.41) is 1.02. The zero-order chi connectivity index (χ0) is 15.8. The predicted molar refractivity (Wildman–Crippen MR) is 76.0 cm³/mol. The number of nitrogens with one attached hydrogen (secondary N) is 1. The van der Waals surface area contributed by atoms with Gasteiger partial charge in [-0.05, 0) is 18.2 Å². The molecule has 0 unspecified atom stereocenters. The average Bonchev–Trinajstić information content (AvgIpc) is 2.78. The molecule has 0 aliphatic heterocycles. The summed E-state index contributed by atoms with van der Waals surface area (Å²) in [5.74, 6) is 0. The van der Waals surface area contributed by atoms with Gasteiger partial charge in [0.1, 0.15) is 4.21 Å². The number of para-hydroxylation sites is 1. The van der Waals surface area contributed by atoms with Gasteiger partial charge in [-0.1, -0.05) is 17.7 Å². The van der Waals surface area contributed by atoms with E-state index in [0.717, 1.165) is 35.6 Å². The molecule has 0 radical (unpaired) electrons. The Morgan fingerprint density at radius 1 is 1.29 bits per heavy atom. The average molecular weight is 357 g/mol. The van der Waals surface area contributed by atoms with Gasteiger partial charge in [-0.15, -0.1) is 11.3 Å². The minimum atomic E-state index is -4.74. The number of halogens is 4. The molecule has 114 valence electrons. The van der Waals surface area contributed by atoms with Gasteiger partial charge >= 0.3 is 6.18 Å². The maximum atomic E-state index is 12.9. The Kier molecular flexibility index (Phi) is 4.09. The summed E-state index contributed by atoms with van der Waals surface area (Å²) in [6, 6.07) is 4.15. The summed E-state index contributed by atoms with van der Waals surface area (Å²) >= 11 is 6.48. The Labute approximate surface area is 127 Å². The molecule has 3 N–H and O–H groups in total. The van der Waals surface area contributed by atoms with Crippen LogP contribution in [0.5, 0.6) is 0 Å². The highest BCUT2D eigenvalue weighted by Crippen LogP contribution is 2.39. The van der Waals surface area contributed by atoms with Gasteiger partial charge in [0.05, 0.1) is 16.3 Å². The third kappa shape index (κ3) is 3.42. The molecule has 0 fully saturated rings. The summed E-state index contributed by atoms with van der Waals surface area (Å²) in [4.78, 5) is 0. The number of nitrogen functional groups attached to an aromatic ring is 1. The van der Waals surface area contributed by atoms with Crippen molar-refractivity contribution in [1.82, 2.24) is 0 Å². The fraction of sp³-hybridized carbons (Fsp3) is 0.0909. The van der Waals surface area contributed by atoms with Crippen molar-refractivity contribution < 1.29 is 21.6 Å². The zero-order valence-corrected chi connectivity index (χ0v) is 12.5. The lowest BCUT2D eigenvalue weighted by Crippen LogP contribution is -2.16. The van der Waals surface area contributed by atoms with Gasteiger partial charge in [0.2, 0.25) is 0 Å². The summed E-state index contributed by atoms with van der Waals surface area (Å²) < 4.78 is 64.5. The van der Waals surface area contributed by atoms with E-state index in [-0.39, 0.29) is 14.9 Å². The molecule has 0 saturated heterocycles. The molecule has 4 nitrogen and oxygen atoms in total. The quantitative estimate of drug-likeness (QED) is 0.878. The first-order valence-corrected chi connectivity index (χ1v) is 8.08. The van der Waals surface area contributed by atoms with Crippen molar-refractivity contribution in [3.05, 3.63) is 40.2 Å². The molecule has 0 aliphatic rings. The standard InChI is InChI=1S/C11H8ClF3N2O2S2/c12-8-3-1-2-7(11(13,14)15)10(8)17-21(18,19)9-4-6(16)5-20-9/h1-5,17H,16H2. The molecule has 0 atom stereocenters. The Hall–Kier alpha value is -1.45. The molecule has 1 heterocycles. The number of benzene rings is 1. The van der Waals surface area contributed by atoms with Gasteiger partial charge in [0.15, 0.2) is 0 Å². The topological polar surface area (TPSA) is 72.2 Å². The van der Waals surface area contributed by atoms with E-state index in [4.69, 9.17) is 17.3 Å². The molecule has 0 spiro atoms. The second-order valence-electron chi connectivity index (χ2n) is 3.96. The number of hydrogen-bond acceptors (Lipinski definition) is 4. The van der Waals surface area contributed by atoms with E-state index in [1.165, 1.54) is 5.38 Å². The highest BCUT2D eigenvalue weighted by Gasteiger charge is 2.35. The fourth-order valence-electron chi connectivity index (χ4n) is 1.52. The highest BCUT2D eigenvalue weighted by molar-refractivity contribution is 7.94. The molecule has 0 amide bonds. The van der Waals surface area contributed by atoms with Crippen LogP contribution >= 0.6 is 22.9 Å². The molecule has 2 aromatic rings. The Balaban J connectivity index is 2.49. The van der Waals surface area contributed by atoms with Crippen LogP contribution in [0, 0.1) is 0 Å². The van der Waals surface area contributed by atoms with E-state index in [2.05, 4.69) is 0 Å². The van der Waals surface area contributed by atoms with Crippen LogP contribution < -0.4 is 10.5 Å². The minimum absolute atomic E-state index is 0.201. The van der Waals surface area contributed by atoms with E-state index in [1.807, 2.05) is 4.72 Å². The van der Waals surface area contributed by atoms with E-state index in [0.29, 0.717) is 0 Å². The zero-order valence-electron chi connectivity index (χ0n) is 10.1. The van der Waals surface area contributed by atoms with Crippen LogP contribution in [0.2, 0.25) is 5.02 Å². The van der Waals surface area contributed by atoms with Gasteiger partial charge < -0.3 is 5.73 Å². The largest absolute Gasteiger partial charge is 0.418 e. The predicted octanol–water partition coefficient (Wildman–Crippen LogP) is 3.80. The van der Waals surface area contributed by atoms with E-state index in [9.17, 15) is 21.6 Å². The van der Waals surface area contributed by atoms with E-state index < -0.39 is 27.5 Å². The molecule has 2 rings (SSSR count). The molecular weight excluding hydrogens is 349 g/mol. The summed E-state index contributed by atoms with van der Waals surface area (Å²) in [5.41, 5.74) is 3.74. The maximum absolute atomic E-state index is 12.9. The van der Waals surface area contributed by atoms with Crippen LogP contribution in [0.1, 0.15) is 5.56 Å². The van der Waals surface area contributed by atoms with E-state index >= 15 is 0 Å². The van der Waals surface area contributed by atoms with Crippen molar-refractivity contribution in [2.45, 2.75) is 10.4 Å². The van der Waals surface area contributed by atoms with Crippen LogP contribution in [0.25, 0.3) is 0 Å². The van der Waals surface area contributed by atoms with Crippen LogP contribution in [0.3, 0.4) is 0 Å². The van der Waals surface area contributed by atoms with Crippen LogP contribution in [0.4, 0.5) is 24.5 Å². The molecule has 0 aliphatic carbocycles. The smallest absolute Gasteiger partial charge is 0.398 e. The van der Waals surface area contributed by atoms with Crippen LogP contribution in [-0.4, -0.2) is 8.42 Å². The molecule has 0 saturated carbocycles. The summed E-state index contributed by atoms with van der Waals surface area (Å²) in [7, 11) is -4.19. The normalized spacial score (nSPS) is 12.4. The van der Waals surface area contributed by atoms with Crippen molar-refractivity contribution in [2.24, 2.45) is 0 Å². The van der Waals surface area contributed by atoms with Gasteiger partial charge in [0, 0.05) is 11.1 Å². The van der Waals surface area contributed by atoms with Gasteiger partial charge in [0.25, 0.3) is 10.0 Å². The fourth-order valence-corrected chi connectivity index (χ4v) is 3.98. The van der Waals surface area contributed by atoms with Crippen molar-refractivity contribution in [3.8, 4) is 0 Å². The summed E-state index contributed by atoms with van der Waals surface area (Å²) in [6.45, 7) is 0. The Morgan fingerprint density at radius 2 is 1.95 bits per heavy atom. The molecule has 1 aromatic carbocycles. The van der Waals surface area contributed by atoms with Crippen molar-refractivity contribution >= 4 is 44.3 Å². The Bertz CT molecular complexity index is 772. The number of rotatable bonds is 3. The first-order valence-electron chi connectivity index (χ1n) is 5.34. The third-order valence-electron chi connectivity index (χ3n) is 2.42. The van der Waals surface area contributed by atoms with E-state index in [1.54, 1.807) is 0 Å². The van der Waals surface area contributed by atoms with Crippen molar-refractivity contribution in [1.29, 1.82) is 0 Å². The van der Waals surface area contributed by atoms with Gasteiger partial charge in [-0.25, -0.2) is 8.42 Å². The lowest BCUT2D eigenvalue weighted by molar-refractivity contribution is -0.136. The van der Waals surface area contributed by atoms with Gasteiger partial charge in [-0.3, -0.25) is 4.72 Å². The SMILES string of the molecule is Nc1csc(S(=O)(=O)Nc2c(Cl)cccc2C(F)(F)F)c1. The van der Waals surface area contributed by atoms with Crippen LogP contribution in [0.15, 0.2) is 33.9 Å². The second-order valence-corrected chi connectivity index (χ2v) is 7.19. The monoisotopic (exact) mass is 356 g/mol. The number of nitrogens with two attached hydrogens (primary N) is 1.